The average molecular weight is 309 g/mol. The Labute approximate surface area is 132 Å². The second kappa shape index (κ2) is 4.81. The van der Waals surface area contributed by atoms with Crippen molar-refractivity contribution in [3.05, 3.63) is 57.8 Å². The van der Waals surface area contributed by atoms with Crippen molar-refractivity contribution in [2.45, 2.75) is 13.3 Å². The van der Waals surface area contributed by atoms with E-state index in [4.69, 9.17) is 4.42 Å². The molecule has 0 bridgehead atoms. The Kier molecular flexibility index (Phi) is 2.87. The van der Waals surface area contributed by atoms with Crippen molar-refractivity contribution in [1.82, 2.24) is 9.55 Å². The first-order valence-electron chi connectivity index (χ1n) is 7.42. The number of furan rings is 1. The standard InChI is InChI=1S/C17H15N3O3/c1-10-13(14-15(23-10)18-9-19(2)16(14)21)17(22)20-8-7-11-5-3-4-6-12(11)20/h3-6,9H,7-8H2,1-2H3. The first-order valence-corrected chi connectivity index (χ1v) is 7.42. The summed E-state index contributed by atoms with van der Waals surface area (Å²) in [5, 5.41) is 0.252. The molecule has 0 N–H and O–H groups in total. The molecule has 6 heteroatoms. The minimum absolute atomic E-state index is 0.210. The molecule has 0 saturated heterocycles. The third-order valence-corrected chi connectivity index (χ3v) is 4.29. The molecule has 1 aliphatic heterocycles. The lowest BCUT2D eigenvalue weighted by Crippen LogP contribution is -2.30. The smallest absolute Gasteiger partial charge is 0.265 e. The van der Waals surface area contributed by atoms with E-state index >= 15 is 0 Å². The number of rotatable bonds is 1. The molecule has 6 nitrogen and oxygen atoms in total. The lowest BCUT2D eigenvalue weighted by atomic mass is 10.1. The zero-order chi connectivity index (χ0) is 16.1. The minimum atomic E-state index is -0.275. The lowest BCUT2D eigenvalue weighted by Gasteiger charge is -2.17. The summed E-state index contributed by atoms with van der Waals surface area (Å²) in [5.41, 5.74) is 2.28. The first kappa shape index (κ1) is 13.8. The summed E-state index contributed by atoms with van der Waals surface area (Å²) < 4.78 is 6.88. The van der Waals surface area contributed by atoms with Gasteiger partial charge in [-0.3, -0.25) is 9.59 Å². The normalized spacial score (nSPS) is 13.6. The molecular formula is C17H15N3O3. The Hall–Kier alpha value is -2.89. The van der Waals surface area contributed by atoms with E-state index in [-0.39, 0.29) is 22.6 Å². The van der Waals surface area contributed by atoms with Gasteiger partial charge in [-0.05, 0) is 25.0 Å². The van der Waals surface area contributed by atoms with Gasteiger partial charge in [0.25, 0.3) is 11.5 Å². The van der Waals surface area contributed by atoms with E-state index in [9.17, 15) is 9.59 Å². The first-order chi connectivity index (χ1) is 11.1. The highest BCUT2D eigenvalue weighted by Gasteiger charge is 2.30. The Bertz CT molecular complexity index is 1000. The zero-order valence-electron chi connectivity index (χ0n) is 12.9. The molecule has 0 saturated carbocycles. The second-order valence-corrected chi connectivity index (χ2v) is 5.71. The maximum Gasteiger partial charge on any atom is 0.265 e. The van der Waals surface area contributed by atoms with Crippen LogP contribution in [0.3, 0.4) is 0 Å². The predicted octanol–water partition coefficient (Wildman–Crippen LogP) is 2.04. The van der Waals surface area contributed by atoms with E-state index in [1.165, 1.54) is 10.9 Å². The van der Waals surface area contributed by atoms with Crippen molar-refractivity contribution in [2.75, 3.05) is 11.4 Å². The number of nitrogens with zero attached hydrogens (tertiary/aromatic N) is 3. The van der Waals surface area contributed by atoms with E-state index in [1.54, 1.807) is 18.9 Å². The molecule has 1 aliphatic rings. The van der Waals surface area contributed by atoms with Gasteiger partial charge < -0.3 is 13.9 Å². The van der Waals surface area contributed by atoms with E-state index in [1.807, 2.05) is 24.3 Å². The molecule has 0 aliphatic carbocycles. The van der Waals surface area contributed by atoms with Crippen LogP contribution in [0.15, 0.2) is 39.8 Å². The highest BCUT2D eigenvalue weighted by Crippen LogP contribution is 2.31. The van der Waals surface area contributed by atoms with Crippen molar-refractivity contribution >= 4 is 22.7 Å². The molecule has 4 rings (SSSR count). The molecule has 1 aromatic carbocycles. The molecule has 0 spiro atoms. The Morgan fingerprint density at radius 1 is 1.30 bits per heavy atom. The van der Waals surface area contributed by atoms with Gasteiger partial charge in [0.2, 0.25) is 5.71 Å². The van der Waals surface area contributed by atoms with E-state index in [2.05, 4.69) is 4.98 Å². The number of carbonyl (C=O) groups is 1. The fourth-order valence-corrected chi connectivity index (χ4v) is 3.13. The van der Waals surface area contributed by atoms with Gasteiger partial charge in [-0.15, -0.1) is 0 Å². The third kappa shape index (κ3) is 1.91. The maximum atomic E-state index is 13.1. The van der Waals surface area contributed by atoms with E-state index < -0.39 is 0 Å². The van der Waals surface area contributed by atoms with Crippen molar-refractivity contribution < 1.29 is 9.21 Å². The topological polar surface area (TPSA) is 68.3 Å². The summed E-state index contributed by atoms with van der Waals surface area (Å²) in [5.74, 6) is 0.210. The summed E-state index contributed by atoms with van der Waals surface area (Å²) in [4.78, 5) is 31.3. The highest BCUT2D eigenvalue weighted by atomic mass is 16.3. The average Bonchev–Trinajstić information content (AvgIpc) is 3.11. The fraction of sp³-hybridized carbons (Fsp3) is 0.235. The Morgan fingerprint density at radius 3 is 2.91 bits per heavy atom. The van der Waals surface area contributed by atoms with Crippen LogP contribution in [-0.4, -0.2) is 22.0 Å². The van der Waals surface area contributed by atoms with Crippen molar-refractivity contribution in [1.29, 1.82) is 0 Å². The number of hydrogen-bond acceptors (Lipinski definition) is 4. The van der Waals surface area contributed by atoms with E-state index in [0.29, 0.717) is 17.9 Å². The lowest BCUT2D eigenvalue weighted by molar-refractivity contribution is 0.0989. The van der Waals surface area contributed by atoms with Crippen LogP contribution in [0.25, 0.3) is 11.1 Å². The SMILES string of the molecule is Cc1oc2ncn(C)c(=O)c2c1C(=O)N1CCc2ccccc21. The van der Waals surface area contributed by atoms with Gasteiger partial charge in [0, 0.05) is 19.3 Å². The summed E-state index contributed by atoms with van der Waals surface area (Å²) in [6.45, 7) is 2.29. The number of carbonyl (C=O) groups excluding carboxylic acids is 1. The number of benzene rings is 1. The fourth-order valence-electron chi connectivity index (χ4n) is 3.13. The largest absolute Gasteiger partial charge is 0.442 e. The molecule has 0 fully saturated rings. The van der Waals surface area contributed by atoms with E-state index in [0.717, 1.165) is 17.7 Å². The quantitative estimate of drug-likeness (QED) is 0.690. The van der Waals surface area contributed by atoms with Crippen LogP contribution in [-0.2, 0) is 13.5 Å². The predicted molar refractivity (Wildman–Crippen MR) is 85.8 cm³/mol. The van der Waals surface area contributed by atoms with Gasteiger partial charge in [-0.1, -0.05) is 18.2 Å². The number of amides is 1. The van der Waals surface area contributed by atoms with Crippen LogP contribution in [0.1, 0.15) is 21.7 Å². The van der Waals surface area contributed by atoms with Gasteiger partial charge in [-0.2, -0.15) is 0 Å². The molecule has 0 atom stereocenters. The van der Waals surface area contributed by atoms with Gasteiger partial charge in [0.1, 0.15) is 17.5 Å². The number of aryl methyl sites for hydroxylation is 2. The van der Waals surface area contributed by atoms with Gasteiger partial charge in [-0.25, -0.2) is 4.98 Å². The molecule has 0 unspecified atom stereocenters. The van der Waals surface area contributed by atoms with Crippen molar-refractivity contribution in [3.63, 3.8) is 0 Å². The molecular weight excluding hydrogens is 294 g/mol. The van der Waals surface area contributed by atoms with Crippen LogP contribution >= 0.6 is 0 Å². The molecule has 1 amide bonds. The molecule has 2 aromatic heterocycles. The Balaban J connectivity index is 1.91. The number of aromatic nitrogens is 2. The second-order valence-electron chi connectivity index (χ2n) is 5.71. The number of para-hydroxylation sites is 1. The van der Waals surface area contributed by atoms with Gasteiger partial charge >= 0.3 is 0 Å². The summed E-state index contributed by atoms with van der Waals surface area (Å²) in [7, 11) is 1.61. The minimum Gasteiger partial charge on any atom is -0.442 e. The maximum absolute atomic E-state index is 13.1. The van der Waals surface area contributed by atoms with Crippen molar-refractivity contribution in [2.24, 2.45) is 7.05 Å². The Morgan fingerprint density at radius 2 is 2.09 bits per heavy atom. The number of fused-ring (bicyclic) bond motifs is 2. The molecule has 3 heterocycles. The van der Waals surface area contributed by atoms with Crippen LogP contribution < -0.4 is 10.5 Å². The summed E-state index contributed by atoms with van der Waals surface area (Å²) in [6, 6.07) is 7.81. The van der Waals surface area contributed by atoms with Crippen LogP contribution in [0.2, 0.25) is 0 Å². The van der Waals surface area contributed by atoms with Crippen molar-refractivity contribution in [3.8, 4) is 0 Å². The summed E-state index contributed by atoms with van der Waals surface area (Å²) >= 11 is 0. The van der Waals surface area contributed by atoms with Gasteiger partial charge in [0.05, 0.1) is 5.56 Å². The third-order valence-electron chi connectivity index (χ3n) is 4.29. The van der Waals surface area contributed by atoms with Gasteiger partial charge in [0.15, 0.2) is 0 Å². The number of anilines is 1. The molecule has 116 valence electrons. The molecule has 23 heavy (non-hydrogen) atoms. The number of hydrogen-bond donors (Lipinski definition) is 0. The van der Waals surface area contributed by atoms with Crippen LogP contribution in [0.5, 0.6) is 0 Å². The molecule has 0 radical (unpaired) electrons. The highest BCUT2D eigenvalue weighted by molar-refractivity contribution is 6.14. The molecule has 3 aromatic rings. The van der Waals surface area contributed by atoms with Crippen LogP contribution in [0, 0.1) is 6.92 Å². The summed E-state index contributed by atoms with van der Waals surface area (Å²) in [6.07, 6.45) is 2.21. The monoisotopic (exact) mass is 309 g/mol. The zero-order valence-corrected chi connectivity index (χ0v) is 12.9. The van der Waals surface area contributed by atoms with Crippen LogP contribution in [0.4, 0.5) is 5.69 Å².